The van der Waals surface area contributed by atoms with Crippen molar-refractivity contribution in [2.45, 2.75) is 23.8 Å². The summed E-state index contributed by atoms with van der Waals surface area (Å²) in [6.07, 6.45) is 6.99. The number of terminal acetylenes is 1. The van der Waals surface area contributed by atoms with E-state index < -0.39 is 0 Å². The van der Waals surface area contributed by atoms with E-state index in [0.717, 1.165) is 23.5 Å². The van der Waals surface area contributed by atoms with E-state index in [1.165, 1.54) is 12.1 Å². The van der Waals surface area contributed by atoms with Gasteiger partial charge in [0.2, 0.25) is 0 Å². The summed E-state index contributed by atoms with van der Waals surface area (Å²) in [5.41, 5.74) is 0. The molecule has 0 heterocycles. The normalized spacial score (nSPS) is 12.1. The molecule has 1 atom stereocenters. The lowest BCUT2D eigenvalue weighted by atomic mass is 10.2. The number of halogens is 1. The molecule has 0 aliphatic rings. The Morgan fingerprint density at radius 1 is 1.44 bits per heavy atom. The quantitative estimate of drug-likeness (QED) is 0.603. The molecule has 0 saturated carbocycles. The lowest BCUT2D eigenvalue weighted by Crippen LogP contribution is -2.27. The highest BCUT2D eigenvalue weighted by atomic mass is 32.2. The topological polar surface area (TPSA) is 12.0 Å². The van der Waals surface area contributed by atoms with Crippen molar-refractivity contribution in [3.8, 4) is 12.3 Å². The number of rotatable bonds is 6. The predicted molar refractivity (Wildman–Crippen MR) is 68.0 cm³/mol. The zero-order chi connectivity index (χ0) is 11.8. The van der Waals surface area contributed by atoms with Crippen molar-refractivity contribution in [3.63, 3.8) is 0 Å². The minimum atomic E-state index is -0.193. The first kappa shape index (κ1) is 13.1. The Bertz CT molecular complexity index is 342. The highest BCUT2D eigenvalue weighted by Gasteiger charge is 2.05. The molecule has 0 aliphatic heterocycles. The lowest BCUT2D eigenvalue weighted by Gasteiger charge is -2.14. The molecule has 1 aromatic rings. The van der Waals surface area contributed by atoms with E-state index in [0.29, 0.717) is 6.04 Å². The van der Waals surface area contributed by atoms with Crippen LogP contribution in [0.2, 0.25) is 0 Å². The molecule has 0 aromatic heterocycles. The molecule has 0 fully saturated rings. The molecule has 16 heavy (non-hydrogen) atoms. The first-order chi connectivity index (χ1) is 7.76. The number of benzene rings is 1. The number of hydrogen-bond acceptors (Lipinski definition) is 2. The molecule has 0 spiro atoms. The van der Waals surface area contributed by atoms with Crippen molar-refractivity contribution < 1.29 is 4.39 Å². The van der Waals surface area contributed by atoms with Crippen LogP contribution in [0.4, 0.5) is 4.39 Å². The second kappa shape index (κ2) is 7.32. The van der Waals surface area contributed by atoms with E-state index in [4.69, 9.17) is 6.42 Å². The van der Waals surface area contributed by atoms with Crippen molar-refractivity contribution in [1.29, 1.82) is 0 Å². The van der Waals surface area contributed by atoms with Gasteiger partial charge in [0, 0.05) is 23.1 Å². The van der Waals surface area contributed by atoms with Gasteiger partial charge in [-0.15, -0.1) is 24.1 Å². The van der Waals surface area contributed by atoms with E-state index in [1.807, 2.05) is 7.05 Å². The molecule has 0 radical (unpaired) electrons. The van der Waals surface area contributed by atoms with Gasteiger partial charge >= 0.3 is 0 Å². The summed E-state index contributed by atoms with van der Waals surface area (Å²) in [4.78, 5) is 1.09. The Balaban J connectivity index is 2.37. The van der Waals surface area contributed by atoms with Gasteiger partial charge in [0.1, 0.15) is 5.82 Å². The monoisotopic (exact) mass is 237 g/mol. The van der Waals surface area contributed by atoms with E-state index in [2.05, 4.69) is 11.2 Å². The van der Waals surface area contributed by atoms with Gasteiger partial charge in [-0.05, 0) is 37.7 Å². The fourth-order valence-electron chi connectivity index (χ4n) is 1.30. The molecular formula is C13H16FNS. The van der Waals surface area contributed by atoms with Gasteiger partial charge in [-0.2, -0.15) is 0 Å². The molecule has 0 aliphatic carbocycles. The van der Waals surface area contributed by atoms with Gasteiger partial charge in [0.25, 0.3) is 0 Å². The first-order valence-corrected chi connectivity index (χ1v) is 6.24. The summed E-state index contributed by atoms with van der Waals surface area (Å²) in [5, 5.41) is 3.23. The zero-order valence-electron chi connectivity index (χ0n) is 9.37. The smallest absolute Gasteiger partial charge is 0.123 e. The van der Waals surface area contributed by atoms with Gasteiger partial charge in [-0.25, -0.2) is 4.39 Å². The molecule has 1 N–H and O–H groups in total. The predicted octanol–water partition coefficient (Wildman–Crippen LogP) is 2.92. The van der Waals surface area contributed by atoms with Crippen LogP contribution in [0.15, 0.2) is 29.2 Å². The Hall–Kier alpha value is -0.980. The van der Waals surface area contributed by atoms with Crippen LogP contribution in [0, 0.1) is 18.2 Å². The standard InChI is InChI=1S/C13H16FNS/c1-3-4-5-12(15-2)10-16-13-8-6-11(14)7-9-13/h1,6-9,12,15H,4-5,10H2,2H3. The number of thioether (sulfide) groups is 1. The van der Waals surface area contributed by atoms with E-state index in [1.54, 1.807) is 23.9 Å². The van der Waals surface area contributed by atoms with Gasteiger partial charge < -0.3 is 5.32 Å². The third-order valence-corrected chi connectivity index (χ3v) is 3.48. The van der Waals surface area contributed by atoms with Crippen LogP contribution < -0.4 is 5.32 Å². The summed E-state index contributed by atoms with van der Waals surface area (Å²) < 4.78 is 12.7. The second-order valence-corrected chi connectivity index (χ2v) is 4.59. The van der Waals surface area contributed by atoms with Crippen LogP contribution in [0.5, 0.6) is 0 Å². The summed E-state index contributed by atoms with van der Waals surface area (Å²) in [7, 11) is 1.94. The highest BCUT2D eigenvalue weighted by molar-refractivity contribution is 7.99. The fraction of sp³-hybridized carbons (Fsp3) is 0.385. The molecule has 3 heteroatoms. The number of nitrogens with one attached hydrogen (secondary N) is 1. The molecule has 1 unspecified atom stereocenters. The van der Waals surface area contributed by atoms with Crippen LogP contribution >= 0.6 is 11.8 Å². The molecule has 0 bridgehead atoms. The first-order valence-electron chi connectivity index (χ1n) is 5.25. The minimum Gasteiger partial charge on any atom is -0.316 e. The zero-order valence-corrected chi connectivity index (χ0v) is 10.2. The minimum absolute atomic E-state index is 0.193. The molecule has 86 valence electrons. The van der Waals surface area contributed by atoms with E-state index in [9.17, 15) is 4.39 Å². The van der Waals surface area contributed by atoms with Crippen LogP contribution in [0.1, 0.15) is 12.8 Å². The summed E-state index contributed by atoms with van der Waals surface area (Å²) in [6.45, 7) is 0. The average molecular weight is 237 g/mol. The van der Waals surface area contributed by atoms with E-state index >= 15 is 0 Å². The molecular weight excluding hydrogens is 221 g/mol. The van der Waals surface area contributed by atoms with Gasteiger partial charge in [0.15, 0.2) is 0 Å². The average Bonchev–Trinajstić information content (AvgIpc) is 2.32. The molecule has 1 rings (SSSR count). The van der Waals surface area contributed by atoms with Crippen LogP contribution in [0.3, 0.4) is 0 Å². The summed E-state index contributed by atoms with van der Waals surface area (Å²) in [5.74, 6) is 3.39. The summed E-state index contributed by atoms with van der Waals surface area (Å²) >= 11 is 1.71. The van der Waals surface area contributed by atoms with E-state index in [-0.39, 0.29) is 5.82 Å². The SMILES string of the molecule is C#CCCC(CSc1ccc(F)cc1)NC. The van der Waals surface area contributed by atoms with Crippen molar-refractivity contribution in [2.75, 3.05) is 12.8 Å². The van der Waals surface area contributed by atoms with Crippen LogP contribution in [0.25, 0.3) is 0 Å². The molecule has 1 aromatic carbocycles. The van der Waals surface area contributed by atoms with Gasteiger partial charge in [-0.1, -0.05) is 0 Å². The largest absolute Gasteiger partial charge is 0.316 e. The van der Waals surface area contributed by atoms with Gasteiger partial charge in [-0.3, -0.25) is 0 Å². The molecule has 0 amide bonds. The van der Waals surface area contributed by atoms with Crippen molar-refractivity contribution in [3.05, 3.63) is 30.1 Å². The third kappa shape index (κ3) is 4.69. The maximum absolute atomic E-state index is 12.7. The Kier molecular flexibility index (Phi) is 5.99. The summed E-state index contributed by atoms with van der Waals surface area (Å²) in [6, 6.07) is 6.98. The number of hydrogen-bond donors (Lipinski definition) is 1. The Labute approximate surface area is 101 Å². The Morgan fingerprint density at radius 2 is 2.12 bits per heavy atom. The maximum Gasteiger partial charge on any atom is 0.123 e. The molecule has 0 saturated heterocycles. The van der Waals surface area contributed by atoms with Gasteiger partial charge in [0.05, 0.1) is 0 Å². The maximum atomic E-state index is 12.7. The Morgan fingerprint density at radius 3 is 2.69 bits per heavy atom. The van der Waals surface area contributed by atoms with Crippen LogP contribution in [-0.4, -0.2) is 18.8 Å². The van der Waals surface area contributed by atoms with Crippen molar-refractivity contribution >= 4 is 11.8 Å². The second-order valence-electron chi connectivity index (χ2n) is 3.49. The highest BCUT2D eigenvalue weighted by Crippen LogP contribution is 2.19. The molecule has 1 nitrogen and oxygen atoms in total. The lowest BCUT2D eigenvalue weighted by molar-refractivity contribution is 0.582. The van der Waals surface area contributed by atoms with Crippen molar-refractivity contribution in [1.82, 2.24) is 5.32 Å². The third-order valence-electron chi connectivity index (χ3n) is 2.31. The fourth-order valence-corrected chi connectivity index (χ4v) is 2.35. The van der Waals surface area contributed by atoms with Crippen molar-refractivity contribution in [2.24, 2.45) is 0 Å². The van der Waals surface area contributed by atoms with Crippen LogP contribution in [-0.2, 0) is 0 Å².